The molecular formula is C17H18N2O5. The van der Waals surface area contributed by atoms with E-state index in [1.165, 1.54) is 7.11 Å². The van der Waals surface area contributed by atoms with Crippen molar-refractivity contribution in [1.29, 1.82) is 0 Å². The van der Waals surface area contributed by atoms with Crippen molar-refractivity contribution in [2.45, 2.75) is 0 Å². The number of carbonyl (C=O) groups is 3. The van der Waals surface area contributed by atoms with E-state index in [0.717, 1.165) is 10.8 Å². The molecule has 0 bridgehead atoms. The Morgan fingerprint density at radius 1 is 1.04 bits per heavy atom. The molecule has 126 valence electrons. The van der Waals surface area contributed by atoms with Crippen LogP contribution in [0.15, 0.2) is 42.5 Å². The van der Waals surface area contributed by atoms with Gasteiger partial charge in [-0.3, -0.25) is 10.1 Å². The van der Waals surface area contributed by atoms with Crippen molar-refractivity contribution in [3.63, 3.8) is 0 Å². The highest BCUT2D eigenvalue weighted by atomic mass is 16.5. The molecule has 0 radical (unpaired) electrons. The Kier molecular flexibility index (Phi) is 6.27. The second-order valence-corrected chi connectivity index (χ2v) is 4.93. The second kappa shape index (κ2) is 8.64. The number of benzene rings is 2. The number of hydrogen-bond acceptors (Lipinski definition) is 5. The molecule has 0 fully saturated rings. The highest BCUT2D eigenvalue weighted by molar-refractivity contribution is 5.98. The number of amides is 3. The number of esters is 1. The lowest BCUT2D eigenvalue weighted by atomic mass is 10.1. The highest BCUT2D eigenvalue weighted by Gasteiger charge is 2.12. The van der Waals surface area contributed by atoms with Crippen LogP contribution in [-0.4, -0.2) is 44.8 Å². The molecule has 0 atom stereocenters. The predicted octanol–water partition coefficient (Wildman–Crippen LogP) is 1.47. The van der Waals surface area contributed by atoms with Crippen molar-refractivity contribution in [2.24, 2.45) is 0 Å². The lowest BCUT2D eigenvalue weighted by Gasteiger charge is -2.07. The molecule has 7 heteroatoms. The molecule has 0 saturated carbocycles. The highest BCUT2D eigenvalue weighted by Crippen LogP contribution is 2.16. The number of fused-ring (bicyclic) bond motifs is 1. The third kappa shape index (κ3) is 5.06. The second-order valence-electron chi connectivity index (χ2n) is 4.93. The number of ether oxygens (including phenoxy) is 2. The van der Waals surface area contributed by atoms with Gasteiger partial charge < -0.3 is 14.8 Å². The average Bonchev–Trinajstić information content (AvgIpc) is 2.59. The van der Waals surface area contributed by atoms with Crippen LogP contribution >= 0.6 is 0 Å². The molecule has 0 unspecified atom stereocenters. The van der Waals surface area contributed by atoms with E-state index in [-0.39, 0.29) is 6.54 Å². The summed E-state index contributed by atoms with van der Waals surface area (Å²) in [7, 11) is 1.50. The maximum absolute atomic E-state index is 12.0. The number of nitrogens with one attached hydrogen (secondary N) is 2. The van der Waals surface area contributed by atoms with Crippen molar-refractivity contribution in [3.8, 4) is 0 Å². The number of methoxy groups -OCH3 is 1. The summed E-state index contributed by atoms with van der Waals surface area (Å²) < 4.78 is 9.67. The Morgan fingerprint density at radius 3 is 2.54 bits per heavy atom. The molecule has 0 saturated heterocycles. The van der Waals surface area contributed by atoms with Gasteiger partial charge in [-0.1, -0.05) is 30.3 Å². The smallest absolute Gasteiger partial charge is 0.338 e. The Morgan fingerprint density at radius 2 is 1.79 bits per heavy atom. The van der Waals surface area contributed by atoms with Crippen LogP contribution in [-0.2, 0) is 14.3 Å². The van der Waals surface area contributed by atoms with Crippen LogP contribution in [0, 0.1) is 0 Å². The largest absolute Gasteiger partial charge is 0.452 e. The number of imide groups is 1. The van der Waals surface area contributed by atoms with Crippen LogP contribution in [0.2, 0.25) is 0 Å². The van der Waals surface area contributed by atoms with Gasteiger partial charge in [0.25, 0.3) is 5.91 Å². The number of urea groups is 1. The lowest BCUT2D eigenvalue weighted by Crippen LogP contribution is -2.42. The van der Waals surface area contributed by atoms with Gasteiger partial charge in [-0.2, -0.15) is 0 Å². The average molecular weight is 330 g/mol. The topological polar surface area (TPSA) is 93.7 Å². The van der Waals surface area contributed by atoms with Crippen molar-refractivity contribution in [2.75, 3.05) is 26.9 Å². The van der Waals surface area contributed by atoms with Gasteiger partial charge in [-0.25, -0.2) is 9.59 Å². The molecule has 24 heavy (non-hydrogen) atoms. The zero-order chi connectivity index (χ0) is 17.4. The van der Waals surface area contributed by atoms with Crippen LogP contribution in [0.1, 0.15) is 10.4 Å². The zero-order valence-electron chi connectivity index (χ0n) is 13.2. The minimum Gasteiger partial charge on any atom is -0.452 e. The SMILES string of the molecule is COCCNC(=O)NC(=O)COC(=O)c1ccc2ccccc2c1. The molecule has 0 aromatic heterocycles. The Balaban J connectivity index is 1.83. The Hall–Kier alpha value is -2.93. The first-order valence-electron chi connectivity index (χ1n) is 7.32. The summed E-state index contributed by atoms with van der Waals surface area (Å²) in [5.41, 5.74) is 0.339. The van der Waals surface area contributed by atoms with Gasteiger partial charge in [0.05, 0.1) is 12.2 Å². The molecule has 2 rings (SSSR count). The van der Waals surface area contributed by atoms with Crippen molar-refractivity contribution in [3.05, 3.63) is 48.0 Å². The normalized spacial score (nSPS) is 10.2. The molecule has 2 aromatic carbocycles. The van der Waals surface area contributed by atoms with Crippen LogP contribution in [0.4, 0.5) is 4.79 Å². The zero-order valence-corrected chi connectivity index (χ0v) is 13.2. The van der Waals surface area contributed by atoms with E-state index in [1.54, 1.807) is 18.2 Å². The quantitative estimate of drug-likeness (QED) is 0.618. The predicted molar refractivity (Wildman–Crippen MR) is 87.6 cm³/mol. The van der Waals surface area contributed by atoms with Crippen LogP contribution in [0.25, 0.3) is 10.8 Å². The van der Waals surface area contributed by atoms with Crippen molar-refractivity contribution in [1.82, 2.24) is 10.6 Å². The first kappa shape index (κ1) is 17.4. The summed E-state index contributed by atoms with van der Waals surface area (Å²) in [4.78, 5) is 34.9. The molecule has 3 amide bonds. The van der Waals surface area contributed by atoms with Gasteiger partial charge >= 0.3 is 12.0 Å². The third-order valence-electron chi connectivity index (χ3n) is 3.16. The molecule has 2 N–H and O–H groups in total. The van der Waals surface area contributed by atoms with Gasteiger partial charge in [0.15, 0.2) is 6.61 Å². The van der Waals surface area contributed by atoms with Crippen LogP contribution in [0.5, 0.6) is 0 Å². The van der Waals surface area contributed by atoms with Gasteiger partial charge in [-0.15, -0.1) is 0 Å². The van der Waals surface area contributed by atoms with E-state index in [2.05, 4.69) is 10.6 Å². The molecule has 0 aliphatic carbocycles. The fraction of sp³-hybridized carbons (Fsp3) is 0.235. The Bertz CT molecular complexity index is 745. The van der Waals surface area contributed by atoms with Crippen LogP contribution < -0.4 is 10.6 Å². The maximum Gasteiger partial charge on any atom is 0.338 e. The minimum absolute atomic E-state index is 0.270. The van der Waals surface area contributed by atoms with Gasteiger partial charge in [0.2, 0.25) is 0 Å². The molecule has 7 nitrogen and oxygen atoms in total. The summed E-state index contributed by atoms with van der Waals surface area (Å²) in [5.74, 6) is -1.34. The summed E-state index contributed by atoms with van der Waals surface area (Å²) in [5, 5.41) is 6.37. The first-order valence-corrected chi connectivity index (χ1v) is 7.32. The maximum atomic E-state index is 12.0. The fourth-order valence-corrected chi connectivity index (χ4v) is 2.00. The standard InChI is InChI=1S/C17H18N2O5/c1-23-9-8-18-17(22)19-15(20)11-24-16(21)14-7-6-12-4-2-3-5-13(12)10-14/h2-7,10H,8-9,11H2,1H3,(H2,18,19,20,22). The Labute approximate surface area is 138 Å². The molecule has 0 heterocycles. The number of rotatable bonds is 6. The molecule has 0 spiro atoms. The first-order chi connectivity index (χ1) is 11.6. The van der Waals surface area contributed by atoms with E-state index in [1.807, 2.05) is 24.3 Å². The van der Waals surface area contributed by atoms with E-state index < -0.39 is 24.5 Å². The van der Waals surface area contributed by atoms with Crippen LogP contribution in [0.3, 0.4) is 0 Å². The summed E-state index contributed by atoms with van der Waals surface area (Å²) in [6, 6.07) is 12.0. The van der Waals surface area contributed by atoms with Gasteiger partial charge in [-0.05, 0) is 22.9 Å². The molecule has 0 aliphatic rings. The lowest BCUT2D eigenvalue weighted by molar-refractivity contribution is -0.123. The van der Waals surface area contributed by atoms with E-state index in [0.29, 0.717) is 12.2 Å². The summed E-state index contributed by atoms with van der Waals surface area (Å²) >= 11 is 0. The summed E-state index contributed by atoms with van der Waals surface area (Å²) in [6.45, 7) is 0.0639. The van der Waals surface area contributed by atoms with Crippen molar-refractivity contribution >= 4 is 28.7 Å². The fourth-order valence-electron chi connectivity index (χ4n) is 2.00. The van der Waals surface area contributed by atoms with E-state index in [9.17, 15) is 14.4 Å². The monoisotopic (exact) mass is 330 g/mol. The summed E-state index contributed by atoms with van der Waals surface area (Å²) in [6.07, 6.45) is 0. The minimum atomic E-state index is -0.709. The molecular weight excluding hydrogens is 312 g/mol. The van der Waals surface area contributed by atoms with Gasteiger partial charge in [0, 0.05) is 13.7 Å². The van der Waals surface area contributed by atoms with E-state index in [4.69, 9.17) is 9.47 Å². The van der Waals surface area contributed by atoms with Crippen molar-refractivity contribution < 1.29 is 23.9 Å². The van der Waals surface area contributed by atoms with Gasteiger partial charge in [0.1, 0.15) is 0 Å². The third-order valence-corrected chi connectivity index (χ3v) is 3.16. The number of hydrogen-bond donors (Lipinski definition) is 2. The molecule has 2 aromatic rings. The number of carbonyl (C=O) groups excluding carboxylic acids is 3. The van der Waals surface area contributed by atoms with E-state index >= 15 is 0 Å². The molecule has 0 aliphatic heterocycles.